The van der Waals surface area contributed by atoms with Crippen molar-refractivity contribution in [2.45, 2.75) is 30.9 Å². The zero-order valence-electron chi connectivity index (χ0n) is 16.7. The number of hydrogen-bond donors (Lipinski definition) is 3. The average molecular weight is 468 g/mol. The first-order valence-electron chi connectivity index (χ1n) is 9.49. The minimum Gasteiger partial charge on any atom is -0.477 e. The van der Waals surface area contributed by atoms with E-state index in [0.29, 0.717) is 17.9 Å². The topological polar surface area (TPSA) is 156 Å². The Hall–Kier alpha value is -2.64. The van der Waals surface area contributed by atoms with Crippen molar-refractivity contribution in [2.75, 3.05) is 25.2 Å². The van der Waals surface area contributed by atoms with Crippen molar-refractivity contribution in [2.24, 2.45) is 11.1 Å². The molecule has 2 fully saturated rings. The van der Waals surface area contributed by atoms with Gasteiger partial charge in [0.15, 0.2) is 10.8 Å². The number of nitrogens with two attached hydrogens (primary N) is 1. The maximum atomic E-state index is 12.9. The highest BCUT2D eigenvalue weighted by Gasteiger charge is 2.55. The van der Waals surface area contributed by atoms with Crippen LogP contribution >= 0.6 is 23.1 Å². The number of carbonyl (C=O) groups is 3. The first-order valence-corrected chi connectivity index (χ1v) is 11.4. The molecule has 3 aliphatic heterocycles. The number of thioether (sulfide) groups is 1. The molecule has 0 aliphatic carbocycles. The number of oxime groups is 1. The largest absolute Gasteiger partial charge is 0.477 e. The number of aromatic nitrogens is 1. The van der Waals surface area contributed by atoms with Crippen LogP contribution in [0.3, 0.4) is 0 Å². The summed E-state index contributed by atoms with van der Waals surface area (Å²) in [7, 11) is 1.29. The van der Waals surface area contributed by atoms with Crippen molar-refractivity contribution in [3.63, 3.8) is 0 Å². The lowest BCUT2D eigenvalue weighted by Crippen LogP contribution is -2.71. The molecule has 166 valence electrons. The Kier molecular flexibility index (Phi) is 5.90. The molecule has 2 amide bonds. The van der Waals surface area contributed by atoms with E-state index in [2.05, 4.69) is 15.5 Å². The van der Waals surface area contributed by atoms with Crippen molar-refractivity contribution >= 4 is 51.7 Å². The highest BCUT2D eigenvalue weighted by atomic mass is 32.2. The molecule has 4 rings (SSSR count). The van der Waals surface area contributed by atoms with E-state index in [1.807, 2.05) is 6.92 Å². The zero-order valence-corrected chi connectivity index (χ0v) is 18.4. The smallest absolute Gasteiger partial charge is 0.352 e. The Balaban J connectivity index is 1.54. The fourth-order valence-corrected chi connectivity index (χ4v) is 5.84. The number of nitrogens with one attached hydrogen (secondary N) is 1. The summed E-state index contributed by atoms with van der Waals surface area (Å²) in [5.74, 6) is -1.77. The summed E-state index contributed by atoms with van der Waals surface area (Å²) in [6.45, 7) is 2.56. The molecule has 2 saturated heterocycles. The highest BCUT2D eigenvalue weighted by molar-refractivity contribution is 8.00. The molecule has 0 aromatic carbocycles. The molecule has 1 aromatic heterocycles. The number of nitrogen functional groups attached to an aromatic ring is 1. The van der Waals surface area contributed by atoms with E-state index in [1.54, 1.807) is 5.38 Å². The van der Waals surface area contributed by atoms with Gasteiger partial charge in [-0.3, -0.25) is 14.5 Å². The van der Waals surface area contributed by atoms with Crippen LogP contribution < -0.4 is 11.1 Å². The molecular weight excluding hydrogens is 446 g/mol. The number of fused-ring (bicyclic) bond motifs is 1. The van der Waals surface area contributed by atoms with Gasteiger partial charge in [-0.15, -0.1) is 23.1 Å². The van der Waals surface area contributed by atoms with Crippen LogP contribution in [0, 0.1) is 5.92 Å². The van der Waals surface area contributed by atoms with Gasteiger partial charge in [0.25, 0.3) is 11.8 Å². The molecular formula is C18H21N5O6S2. The Morgan fingerprint density at radius 2 is 2.26 bits per heavy atom. The SMILES string of the molecule is CON=C(C(=O)N[C@@H]1C(=O)N2C(C(=O)O)=C(C3OCCC3C)CS[C@H]12)c1csc(N)n1. The molecule has 1 aromatic rings. The van der Waals surface area contributed by atoms with E-state index in [-0.39, 0.29) is 34.3 Å². The molecule has 31 heavy (non-hydrogen) atoms. The van der Waals surface area contributed by atoms with Crippen LogP contribution in [-0.2, 0) is 24.0 Å². The molecule has 2 unspecified atom stereocenters. The molecule has 4 heterocycles. The monoisotopic (exact) mass is 467 g/mol. The maximum Gasteiger partial charge on any atom is 0.352 e. The predicted octanol–water partition coefficient (Wildman–Crippen LogP) is 0.239. The summed E-state index contributed by atoms with van der Waals surface area (Å²) in [6, 6.07) is -0.895. The number of amides is 2. The van der Waals surface area contributed by atoms with E-state index in [9.17, 15) is 19.5 Å². The van der Waals surface area contributed by atoms with E-state index >= 15 is 0 Å². The van der Waals surface area contributed by atoms with Crippen LogP contribution in [0.15, 0.2) is 21.8 Å². The third-order valence-corrected chi connectivity index (χ3v) is 7.36. The number of ether oxygens (including phenoxy) is 1. The van der Waals surface area contributed by atoms with Crippen molar-refractivity contribution in [3.8, 4) is 0 Å². The third-order valence-electron chi connectivity index (χ3n) is 5.38. The van der Waals surface area contributed by atoms with Gasteiger partial charge in [0.05, 0.1) is 6.10 Å². The molecule has 0 bridgehead atoms. The average Bonchev–Trinajstić information content (AvgIpc) is 3.36. The van der Waals surface area contributed by atoms with Crippen LogP contribution in [-0.4, -0.2) is 75.5 Å². The van der Waals surface area contributed by atoms with E-state index in [4.69, 9.17) is 15.3 Å². The predicted molar refractivity (Wildman–Crippen MR) is 113 cm³/mol. The van der Waals surface area contributed by atoms with Gasteiger partial charge in [-0.05, 0) is 17.9 Å². The minimum atomic E-state index is -1.18. The summed E-state index contributed by atoms with van der Waals surface area (Å²) >= 11 is 2.53. The zero-order chi connectivity index (χ0) is 22.3. The Labute approximate surface area is 185 Å². The lowest BCUT2D eigenvalue weighted by Gasteiger charge is -2.50. The molecule has 13 heteroatoms. The van der Waals surface area contributed by atoms with E-state index in [1.165, 1.54) is 23.8 Å². The number of carbonyl (C=O) groups excluding carboxylic acids is 2. The number of thiazole rings is 1. The van der Waals surface area contributed by atoms with Gasteiger partial charge >= 0.3 is 5.97 Å². The maximum absolute atomic E-state index is 12.9. The second-order valence-electron chi connectivity index (χ2n) is 7.29. The lowest BCUT2D eigenvalue weighted by atomic mass is 9.94. The number of hydrogen-bond acceptors (Lipinski definition) is 10. The van der Waals surface area contributed by atoms with Crippen LogP contribution in [0.4, 0.5) is 5.13 Å². The first-order chi connectivity index (χ1) is 14.8. The Morgan fingerprint density at radius 3 is 2.84 bits per heavy atom. The van der Waals surface area contributed by atoms with Crippen molar-refractivity contribution in [1.82, 2.24) is 15.2 Å². The summed E-state index contributed by atoms with van der Waals surface area (Å²) in [4.78, 5) is 47.6. The molecule has 4 atom stereocenters. The second kappa shape index (κ2) is 8.48. The molecule has 0 radical (unpaired) electrons. The quantitative estimate of drug-likeness (QED) is 0.303. The van der Waals surface area contributed by atoms with Gasteiger partial charge in [0.1, 0.15) is 29.9 Å². The lowest BCUT2D eigenvalue weighted by molar-refractivity contribution is -0.150. The number of anilines is 1. The fraction of sp³-hybridized carbons (Fsp3) is 0.500. The van der Waals surface area contributed by atoms with Gasteiger partial charge in [0, 0.05) is 17.7 Å². The first kappa shape index (κ1) is 21.6. The summed E-state index contributed by atoms with van der Waals surface area (Å²) in [5.41, 5.74) is 6.29. The van der Waals surface area contributed by atoms with E-state index < -0.39 is 29.2 Å². The van der Waals surface area contributed by atoms with Gasteiger partial charge in [-0.1, -0.05) is 12.1 Å². The molecule has 3 aliphatic rings. The molecule has 11 nitrogen and oxygen atoms in total. The Bertz CT molecular complexity index is 992. The molecule has 0 saturated carbocycles. The summed E-state index contributed by atoms with van der Waals surface area (Å²) < 4.78 is 5.74. The number of aliphatic carboxylic acids is 1. The normalized spacial score (nSPS) is 28.3. The number of carboxylic acid groups (broad SMARTS) is 1. The minimum absolute atomic E-state index is 0.0453. The van der Waals surface area contributed by atoms with Crippen LogP contribution in [0.1, 0.15) is 19.0 Å². The molecule has 0 spiro atoms. The third kappa shape index (κ3) is 3.77. The number of β-lactam (4-membered cyclic amide) rings is 1. The van der Waals surface area contributed by atoms with Gasteiger partial charge in [0.2, 0.25) is 0 Å². The van der Waals surface area contributed by atoms with Crippen molar-refractivity contribution < 1.29 is 29.1 Å². The van der Waals surface area contributed by atoms with Crippen LogP contribution in [0.2, 0.25) is 0 Å². The molecule has 4 N–H and O–H groups in total. The number of carboxylic acids is 1. The van der Waals surface area contributed by atoms with Crippen LogP contribution in [0.25, 0.3) is 0 Å². The van der Waals surface area contributed by atoms with Gasteiger partial charge in [-0.25, -0.2) is 9.78 Å². The van der Waals surface area contributed by atoms with Crippen LogP contribution in [0.5, 0.6) is 0 Å². The fourth-order valence-electron chi connectivity index (χ4n) is 3.90. The summed E-state index contributed by atoms with van der Waals surface area (Å²) in [6.07, 6.45) is 0.515. The summed E-state index contributed by atoms with van der Waals surface area (Å²) in [5, 5.41) is 17.4. The standard InChI is InChI=1S/C18H21N5O6S2/c1-7-3-4-29-13(7)8-5-30-16-11(15(25)23(16)12(8)17(26)27)21-14(24)10(22-28-2)9-6-31-18(19)20-9/h6-7,11,13,16H,3-5H2,1-2H3,(H2,19,20)(H,21,24)(H,26,27)/t7?,11-,13?,16-/m1/s1. The highest BCUT2D eigenvalue weighted by Crippen LogP contribution is 2.43. The number of nitrogens with zero attached hydrogens (tertiary/aromatic N) is 3. The second-order valence-corrected chi connectivity index (χ2v) is 9.29. The Morgan fingerprint density at radius 1 is 1.48 bits per heavy atom. The van der Waals surface area contributed by atoms with Gasteiger partial charge < -0.3 is 25.7 Å². The van der Waals surface area contributed by atoms with Gasteiger partial charge in [-0.2, -0.15) is 0 Å². The van der Waals surface area contributed by atoms with Crippen molar-refractivity contribution in [3.05, 3.63) is 22.3 Å². The van der Waals surface area contributed by atoms with Crippen molar-refractivity contribution in [1.29, 1.82) is 0 Å². The number of rotatable bonds is 6. The van der Waals surface area contributed by atoms with E-state index in [0.717, 1.165) is 17.8 Å².